The molecule has 9 nitrogen and oxygen atoms in total. The van der Waals surface area contributed by atoms with E-state index in [1.54, 1.807) is 0 Å². The number of carbonyl (C=O) groups is 2. The molecule has 0 heterocycles. The van der Waals surface area contributed by atoms with Gasteiger partial charge in [0.1, 0.15) is 6.61 Å². The minimum atomic E-state index is -4.40. The van der Waals surface area contributed by atoms with Gasteiger partial charge >= 0.3 is 19.8 Å². The lowest BCUT2D eigenvalue weighted by molar-refractivity contribution is -0.161. The van der Waals surface area contributed by atoms with Crippen LogP contribution in [-0.4, -0.2) is 49.3 Å². The fourth-order valence-electron chi connectivity index (χ4n) is 13.4. The SMILES string of the molecule is CC/C=C\C/C=C\C/C=C\C/C=C\CCCCCCCCCCCCCCCCCCCCCCCCC(=O)OC(COC(=O)CCCCCCCCCCCCCCCCCCCCCCCCCCCCCCCCCCCCCCCCCCC)COP(=O)(O)OCCN. The van der Waals surface area contributed by atoms with Gasteiger partial charge in [-0.15, -0.1) is 0 Å². The molecule has 2 atom stereocenters. The standard InChI is InChI=1S/C87H166NO8P/c1-3-5-7-9-11-13-15-17-19-21-23-25-27-29-31-33-35-37-39-40-41-42-43-44-46-47-49-51-53-55-57-59-61-63-65-67-69-71-73-75-77-79-86(89)93-83-85(84-95-97(91,92)94-82-81-88)96-87(90)80-78-76-74-72-70-68-66-64-62-60-58-56-54-52-50-48-45-38-36-34-32-30-28-26-24-22-20-18-16-14-12-10-8-6-4-2/h6,8,12,14,18,20,24,26,85H,3-5,7,9-11,13,15-17,19,21-23,25,27-84,88H2,1-2H3,(H,91,92)/b8-6-,14-12-,20-18-,26-24-. The zero-order valence-corrected chi connectivity index (χ0v) is 65.7. The lowest BCUT2D eigenvalue weighted by atomic mass is 10.0. The van der Waals surface area contributed by atoms with Crippen molar-refractivity contribution in [2.45, 2.75) is 469 Å². The van der Waals surface area contributed by atoms with Gasteiger partial charge in [0.15, 0.2) is 6.10 Å². The van der Waals surface area contributed by atoms with E-state index in [0.29, 0.717) is 6.42 Å². The van der Waals surface area contributed by atoms with Gasteiger partial charge in [0.05, 0.1) is 13.2 Å². The van der Waals surface area contributed by atoms with Crippen LogP contribution in [0.1, 0.15) is 463 Å². The van der Waals surface area contributed by atoms with Gasteiger partial charge in [-0.25, -0.2) is 4.57 Å². The Labute approximate surface area is 604 Å². The number of hydrogen-bond donors (Lipinski definition) is 2. The molecule has 0 aliphatic carbocycles. The lowest BCUT2D eigenvalue weighted by Gasteiger charge is -2.19. The van der Waals surface area contributed by atoms with Crippen molar-refractivity contribution in [2.24, 2.45) is 5.73 Å². The molecular weight excluding hydrogens is 1220 g/mol. The molecule has 0 aromatic rings. The second-order valence-electron chi connectivity index (χ2n) is 29.4. The lowest BCUT2D eigenvalue weighted by Crippen LogP contribution is -2.29. The van der Waals surface area contributed by atoms with Gasteiger partial charge in [-0.05, 0) is 51.4 Å². The predicted molar refractivity (Wildman–Crippen MR) is 423 cm³/mol. The highest BCUT2D eigenvalue weighted by Gasteiger charge is 2.26. The summed E-state index contributed by atoms with van der Waals surface area (Å²) in [5, 5.41) is 0. The van der Waals surface area contributed by atoms with Crippen LogP contribution in [0.2, 0.25) is 0 Å². The summed E-state index contributed by atoms with van der Waals surface area (Å²) in [6, 6.07) is 0. The Morgan fingerprint density at radius 3 is 0.845 bits per heavy atom. The van der Waals surface area contributed by atoms with Crippen molar-refractivity contribution in [3.8, 4) is 0 Å². The molecule has 0 amide bonds. The van der Waals surface area contributed by atoms with Crippen LogP contribution in [-0.2, 0) is 32.7 Å². The number of hydrogen-bond acceptors (Lipinski definition) is 8. The molecular formula is C87H166NO8P. The maximum atomic E-state index is 12.8. The van der Waals surface area contributed by atoms with E-state index in [2.05, 4.69) is 62.5 Å². The van der Waals surface area contributed by atoms with Crippen molar-refractivity contribution in [3.05, 3.63) is 48.6 Å². The molecule has 3 N–H and O–H groups in total. The number of unbranched alkanes of at least 4 members (excludes halogenated alkanes) is 62. The highest BCUT2D eigenvalue weighted by atomic mass is 31.2. The van der Waals surface area contributed by atoms with Gasteiger partial charge in [0.2, 0.25) is 0 Å². The molecule has 572 valence electrons. The van der Waals surface area contributed by atoms with E-state index in [-0.39, 0.29) is 38.6 Å². The van der Waals surface area contributed by atoms with Gasteiger partial charge in [-0.3, -0.25) is 18.6 Å². The first-order chi connectivity index (χ1) is 47.8. The highest BCUT2D eigenvalue weighted by Crippen LogP contribution is 2.43. The molecule has 0 bridgehead atoms. The van der Waals surface area contributed by atoms with E-state index in [1.807, 2.05) is 0 Å². The number of esters is 2. The van der Waals surface area contributed by atoms with Crippen LogP contribution < -0.4 is 5.73 Å². The van der Waals surface area contributed by atoms with Crippen LogP contribution in [0.25, 0.3) is 0 Å². The van der Waals surface area contributed by atoms with E-state index in [0.717, 1.165) is 57.8 Å². The van der Waals surface area contributed by atoms with E-state index in [9.17, 15) is 19.0 Å². The molecule has 0 spiro atoms. The minimum absolute atomic E-state index is 0.0564. The molecule has 0 fully saturated rings. The summed E-state index contributed by atoms with van der Waals surface area (Å²) in [7, 11) is -4.40. The van der Waals surface area contributed by atoms with Crippen LogP contribution in [0, 0.1) is 0 Å². The smallest absolute Gasteiger partial charge is 0.462 e. The first kappa shape index (κ1) is 95.0. The molecule has 97 heavy (non-hydrogen) atoms. The van der Waals surface area contributed by atoms with Crippen LogP contribution in [0.5, 0.6) is 0 Å². The largest absolute Gasteiger partial charge is 0.472 e. The van der Waals surface area contributed by atoms with Crippen molar-refractivity contribution in [1.29, 1.82) is 0 Å². The Morgan fingerprint density at radius 1 is 0.320 bits per heavy atom. The third kappa shape index (κ3) is 82.8. The van der Waals surface area contributed by atoms with Gasteiger partial charge in [-0.1, -0.05) is 448 Å². The third-order valence-corrected chi connectivity index (χ3v) is 20.7. The van der Waals surface area contributed by atoms with E-state index in [4.69, 9.17) is 24.3 Å². The number of allylic oxidation sites excluding steroid dienone is 8. The molecule has 0 aromatic carbocycles. The predicted octanol–water partition coefficient (Wildman–Crippen LogP) is 29.1. The monoisotopic (exact) mass is 1380 g/mol. The minimum Gasteiger partial charge on any atom is -0.462 e. The third-order valence-electron chi connectivity index (χ3n) is 19.7. The Bertz CT molecular complexity index is 1730. The topological polar surface area (TPSA) is 134 Å². The fourth-order valence-corrected chi connectivity index (χ4v) is 14.2. The van der Waals surface area contributed by atoms with E-state index >= 15 is 0 Å². The van der Waals surface area contributed by atoms with E-state index < -0.39 is 26.5 Å². The van der Waals surface area contributed by atoms with Crippen molar-refractivity contribution >= 4 is 19.8 Å². The molecule has 0 aliphatic rings. The summed E-state index contributed by atoms with van der Waals surface area (Å²) in [5.41, 5.74) is 5.42. The van der Waals surface area contributed by atoms with Crippen LogP contribution in [0.15, 0.2) is 48.6 Å². The Kier molecular flexibility index (Phi) is 81.2. The first-order valence-electron chi connectivity index (χ1n) is 43.1. The van der Waals surface area contributed by atoms with E-state index in [1.165, 1.54) is 372 Å². The zero-order chi connectivity index (χ0) is 70.0. The second-order valence-corrected chi connectivity index (χ2v) is 30.8. The van der Waals surface area contributed by atoms with Crippen molar-refractivity contribution < 1.29 is 37.6 Å². The average Bonchev–Trinajstić information content (AvgIpc) is 2.69. The summed E-state index contributed by atoms with van der Waals surface area (Å²) in [4.78, 5) is 35.5. The van der Waals surface area contributed by atoms with Crippen molar-refractivity contribution in [2.75, 3.05) is 26.4 Å². The molecule has 0 saturated carbocycles. The summed E-state index contributed by atoms with van der Waals surface area (Å²) in [6.07, 6.45) is 109. The maximum absolute atomic E-state index is 12.8. The summed E-state index contributed by atoms with van der Waals surface area (Å²) >= 11 is 0. The number of nitrogens with two attached hydrogens (primary N) is 1. The van der Waals surface area contributed by atoms with Crippen LogP contribution >= 0.6 is 7.82 Å². The summed E-state index contributed by atoms with van der Waals surface area (Å²) in [6.45, 7) is 3.72. The quantitative estimate of drug-likeness (QED) is 0.0264. The van der Waals surface area contributed by atoms with Gasteiger partial charge < -0.3 is 20.1 Å². The fraction of sp³-hybridized carbons (Fsp3) is 0.885. The molecule has 2 unspecified atom stereocenters. The van der Waals surface area contributed by atoms with Crippen molar-refractivity contribution in [1.82, 2.24) is 0 Å². The molecule has 0 aliphatic heterocycles. The molecule has 0 rings (SSSR count). The Hall–Kier alpha value is -2.03. The first-order valence-corrected chi connectivity index (χ1v) is 44.6. The average molecular weight is 1390 g/mol. The number of phosphoric acid groups is 1. The Balaban J connectivity index is 3.70. The van der Waals surface area contributed by atoms with Gasteiger partial charge in [0.25, 0.3) is 0 Å². The number of carbonyl (C=O) groups excluding carboxylic acids is 2. The molecule has 10 heteroatoms. The van der Waals surface area contributed by atoms with Gasteiger partial charge in [0, 0.05) is 19.4 Å². The number of phosphoric ester groups is 1. The maximum Gasteiger partial charge on any atom is 0.472 e. The zero-order valence-electron chi connectivity index (χ0n) is 64.9. The summed E-state index contributed by atoms with van der Waals surface area (Å²) < 4.78 is 33.3. The molecule has 0 saturated heterocycles. The number of rotatable bonds is 83. The van der Waals surface area contributed by atoms with Crippen LogP contribution in [0.3, 0.4) is 0 Å². The van der Waals surface area contributed by atoms with Crippen LogP contribution in [0.4, 0.5) is 0 Å². The summed E-state index contributed by atoms with van der Waals surface area (Å²) in [5.74, 6) is -0.800. The van der Waals surface area contributed by atoms with Crippen molar-refractivity contribution in [3.63, 3.8) is 0 Å². The number of ether oxygens (including phenoxy) is 2. The second kappa shape index (κ2) is 82.9. The molecule has 0 aromatic heterocycles. The molecule has 0 radical (unpaired) electrons. The Morgan fingerprint density at radius 2 is 0.567 bits per heavy atom. The normalized spacial score (nSPS) is 13.0. The highest BCUT2D eigenvalue weighted by molar-refractivity contribution is 7.47. The van der Waals surface area contributed by atoms with Gasteiger partial charge in [-0.2, -0.15) is 0 Å².